The Labute approximate surface area is 130 Å². The average Bonchev–Trinajstić information content (AvgIpc) is 2.40. The molecule has 1 aromatic carbocycles. The molecule has 7 heteroatoms. The molecule has 0 bridgehead atoms. The molecule has 4 N–H and O–H groups in total. The summed E-state index contributed by atoms with van der Waals surface area (Å²) in [4.78, 5) is 23.5. The van der Waals surface area contributed by atoms with Crippen LogP contribution in [0.3, 0.4) is 0 Å². The van der Waals surface area contributed by atoms with Gasteiger partial charge in [-0.2, -0.15) is 0 Å². The molecule has 0 unspecified atom stereocenters. The first-order valence-electron chi connectivity index (χ1n) is 6.44. The van der Waals surface area contributed by atoms with Gasteiger partial charge in [0.2, 0.25) is 5.91 Å². The second kappa shape index (κ2) is 9.20. The van der Waals surface area contributed by atoms with E-state index in [4.69, 9.17) is 10.5 Å². The fourth-order valence-electron chi connectivity index (χ4n) is 1.61. The summed E-state index contributed by atoms with van der Waals surface area (Å²) in [5, 5.41) is 11.8. The van der Waals surface area contributed by atoms with Crippen LogP contribution in [0.25, 0.3) is 0 Å². The molecule has 21 heavy (non-hydrogen) atoms. The maximum Gasteiger partial charge on any atom is 0.328 e. The van der Waals surface area contributed by atoms with Crippen LogP contribution in [0.1, 0.15) is 19.4 Å². The zero-order chi connectivity index (χ0) is 15.1. The van der Waals surface area contributed by atoms with E-state index >= 15 is 0 Å². The Morgan fingerprint density at radius 3 is 2.38 bits per heavy atom. The van der Waals surface area contributed by atoms with Crippen molar-refractivity contribution in [2.45, 2.75) is 32.4 Å². The third kappa shape index (κ3) is 6.46. The lowest BCUT2D eigenvalue weighted by Crippen LogP contribution is -2.48. The molecule has 2 atom stereocenters. The lowest BCUT2D eigenvalue weighted by molar-refractivity contribution is -0.147. The van der Waals surface area contributed by atoms with Crippen LogP contribution < -0.4 is 11.1 Å². The Morgan fingerprint density at radius 2 is 1.90 bits per heavy atom. The van der Waals surface area contributed by atoms with Gasteiger partial charge in [0.1, 0.15) is 11.8 Å². The first-order chi connectivity index (χ1) is 9.43. The molecule has 0 saturated carbocycles. The summed E-state index contributed by atoms with van der Waals surface area (Å²) in [6, 6.07) is 4.90. The van der Waals surface area contributed by atoms with Gasteiger partial charge in [0.15, 0.2) is 0 Å². The van der Waals surface area contributed by atoms with Crippen LogP contribution in [0.4, 0.5) is 0 Å². The molecular weight excluding hydrogens is 296 g/mol. The predicted octanol–water partition coefficient (Wildman–Crippen LogP) is 0.752. The van der Waals surface area contributed by atoms with E-state index in [1.807, 2.05) is 0 Å². The van der Waals surface area contributed by atoms with Gasteiger partial charge in [-0.1, -0.05) is 12.1 Å². The summed E-state index contributed by atoms with van der Waals surface area (Å²) in [6.45, 7) is 3.47. The monoisotopic (exact) mass is 316 g/mol. The normalized spacial score (nSPS) is 12.7. The molecule has 1 rings (SSSR count). The summed E-state index contributed by atoms with van der Waals surface area (Å²) in [5.41, 5.74) is 6.27. The molecular formula is C14H21ClN2O4. The van der Waals surface area contributed by atoms with Crippen LogP contribution in [0.15, 0.2) is 24.3 Å². The zero-order valence-corrected chi connectivity index (χ0v) is 12.9. The molecule has 118 valence electrons. The number of phenolic OH excluding ortho intramolecular Hbond substituents is 1. The molecule has 0 spiro atoms. The number of esters is 1. The minimum absolute atomic E-state index is 0. The number of hydrogen-bond donors (Lipinski definition) is 3. The molecule has 0 heterocycles. The summed E-state index contributed by atoms with van der Waals surface area (Å²) in [5.74, 6) is -0.780. The van der Waals surface area contributed by atoms with Gasteiger partial charge in [-0.15, -0.1) is 12.4 Å². The number of benzene rings is 1. The van der Waals surface area contributed by atoms with E-state index in [9.17, 15) is 14.7 Å². The SMILES string of the molecule is CCOC(=O)[C@H](Cc1ccc(O)cc1)NC(=O)[C@H](C)N.Cl. The van der Waals surface area contributed by atoms with Gasteiger partial charge >= 0.3 is 5.97 Å². The van der Waals surface area contributed by atoms with Gasteiger partial charge in [0.05, 0.1) is 12.6 Å². The molecule has 0 fully saturated rings. The lowest BCUT2D eigenvalue weighted by atomic mass is 10.1. The fourth-order valence-corrected chi connectivity index (χ4v) is 1.61. The van der Waals surface area contributed by atoms with E-state index in [-0.39, 0.29) is 31.2 Å². The highest BCUT2D eigenvalue weighted by molar-refractivity contribution is 5.87. The van der Waals surface area contributed by atoms with E-state index < -0.39 is 24.0 Å². The van der Waals surface area contributed by atoms with E-state index in [2.05, 4.69) is 5.32 Å². The van der Waals surface area contributed by atoms with Gasteiger partial charge in [0.25, 0.3) is 0 Å². The van der Waals surface area contributed by atoms with Crippen LogP contribution >= 0.6 is 12.4 Å². The van der Waals surface area contributed by atoms with E-state index in [1.165, 1.54) is 19.1 Å². The van der Waals surface area contributed by atoms with E-state index in [1.54, 1.807) is 19.1 Å². The van der Waals surface area contributed by atoms with E-state index in [0.717, 1.165) is 5.56 Å². The van der Waals surface area contributed by atoms with Crippen molar-refractivity contribution in [2.75, 3.05) is 6.61 Å². The Balaban J connectivity index is 0.00000400. The fraction of sp³-hybridized carbons (Fsp3) is 0.429. The van der Waals surface area contributed by atoms with Gasteiger partial charge in [-0.05, 0) is 31.5 Å². The topological polar surface area (TPSA) is 102 Å². The minimum Gasteiger partial charge on any atom is -0.508 e. The average molecular weight is 317 g/mol. The number of rotatable bonds is 6. The Kier molecular flexibility index (Phi) is 8.42. The number of aromatic hydroxyl groups is 1. The molecule has 0 radical (unpaired) electrons. The second-order valence-corrected chi connectivity index (χ2v) is 4.47. The van der Waals surface area contributed by atoms with Crippen molar-refractivity contribution in [3.05, 3.63) is 29.8 Å². The third-order valence-corrected chi connectivity index (χ3v) is 2.68. The zero-order valence-electron chi connectivity index (χ0n) is 12.0. The second-order valence-electron chi connectivity index (χ2n) is 4.47. The van der Waals surface area contributed by atoms with Crippen molar-refractivity contribution < 1.29 is 19.4 Å². The molecule has 1 amide bonds. The molecule has 1 aromatic rings. The smallest absolute Gasteiger partial charge is 0.328 e. The molecule has 0 aliphatic carbocycles. The van der Waals surface area contributed by atoms with Gasteiger partial charge in [-0.3, -0.25) is 4.79 Å². The van der Waals surface area contributed by atoms with Crippen LogP contribution in [0.5, 0.6) is 5.75 Å². The van der Waals surface area contributed by atoms with Crippen molar-refractivity contribution in [3.63, 3.8) is 0 Å². The standard InChI is InChI=1S/C14H20N2O4.ClH/c1-3-20-14(19)12(16-13(18)9(2)15)8-10-4-6-11(17)7-5-10;/h4-7,9,12,17H,3,8,15H2,1-2H3,(H,16,18);1H/t9-,12-;/m0./s1. The van der Waals surface area contributed by atoms with Crippen molar-refractivity contribution in [1.29, 1.82) is 0 Å². The lowest BCUT2D eigenvalue weighted by Gasteiger charge is -2.18. The Bertz CT molecular complexity index is 463. The first-order valence-corrected chi connectivity index (χ1v) is 6.44. The highest BCUT2D eigenvalue weighted by Crippen LogP contribution is 2.12. The van der Waals surface area contributed by atoms with Gasteiger partial charge in [-0.25, -0.2) is 4.79 Å². The molecule has 0 aromatic heterocycles. The highest BCUT2D eigenvalue weighted by Gasteiger charge is 2.23. The minimum atomic E-state index is -0.794. The van der Waals surface area contributed by atoms with Crippen LogP contribution in [0, 0.1) is 0 Å². The molecule has 0 aliphatic heterocycles. The number of phenols is 1. The van der Waals surface area contributed by atoms with Crippen LogP contribution in [-0.4, -0.2) is 35.7 Å². The summed E-state index contributed by atoms with van der Waals surface area (Å²) in [7, 11) is 0. The molecule has 6 nitrogen and oxygen atoms in total. The number of nitrogens with one attached hydrogen (secondary N) is 1. The predicted molar refractivity (Wildman–Crippen MR) is 81.3 cm³/mol. The van der Waals surface area contributed by atoms with Crippen molar-refractivity contribution in [1.82, 2.24) is 5.32 Å². The van der Waals surface area contributed by atoms with E-state index in [0.29, 0.717) is 0 Å². The Morgan fingerprint density at radius 1 is 1.33 bits per heavy atom. The van der Waals surface area contributed by atoms with Crippen LogP contribution in [-0.2, 0) is 20.7 Å². The largest absolute Gasteiger partial charge is 0.508 e. The number of carbonyl (C=O) groups is 2. The van der Waals surface area contributed by atoms with Crippen LogP contribution in [0.2, 0.25) is 0 Å². The third-order valence-electron chi connectivity index (χ3n) is 2.68. The number of carbonyl (C=O) groups excluding carboxylic acids is 2. The van der Waals surface area contributed by atoms with Gasteiger partial charge < -0.3 is 20.9 Å². The summed E-state index contributed by atoms with van der Waals surface area (Å²) < 4.78 is 4.94. The summed E-state index contributed by atoms with van der Waals surface area (Å²) >= 11 is 0. The number of ether oxygens (including phenoxy) is 1. The maximum atomic E-state index is 11.8. The summed E-state index contributed by atoms with van der Waals surface area (Å²) in [6.07, 6.45) is 0.275. The van der Waals surface area contributed by atoms with Crippen molar-refractivity contribution in [2.24, 2.45) is 5.73 Å². The number of nitrogens with two attached hydrogens (primary N) is 1. The number of amides is 1. The number of hydrogen-bond acceptors (Lipinski definition) is 5. The quantitative estimate of drug-likeness (QED) is 0.672. The first kappa shape index (κ1) is 19.2. The van der Waals surface area contributed by atoms with Gasteiger partial charge in [0, 0.05) is 6.42 Å². The molecule has 0 aliphatic rings. The maximum absolute atomic E-state index is 11.8. The van der Waals surface area contributed by atoms with Crippen molar-refractivity contribution >= 4 is 24.3 Å². The van der Waals surface area contributed by atoms with Crippen molar-refractivity contribution in [3.8, 4) is 5.75 Å². The number of halogens is 1. The highest BCUT2D eigenvalue weighted by atomic mass is 35.5. The Hall–Kier alpha value is -1.79. The molecule has 0 saturated heterocycles.